The van der Waals surface area contributed by atoms with E-state index in [4.69, 9.17) is 0 Å². The highest BCUT2D eigenvalue weighted by molar-refractivity contribution is 9.10. The number of carbonyl (C=O) groups is 2. The van der Waals surface area contributed by atoms with E-state index < -0.39 is 16.4 Å². The number of methoxy groups -OCH3 is 2. The molecule has 0 bridgehead atoms. The number of esters is 2. The van der Waals surface area contributed by atoms with Gasteiger partial charge in [-0.2, -0.15) is 0 Å². The zero-order valence-electron chi connectivity index (χ0n) is 8.24. The summed E-state index contributed by atoms with van der Waals surface area (Å²) in [7, 11) is 2.52. The first-order valence-electron chi connectivity index (χ1n) is 4.07. The fourth-order valence-corrected chi connectivity index (χ4v) is 1.58. The Bertz CT molecular complexity index is 350. The molecule has 6 heteroatoms. The smallest absolute Gasteiger partial charge is 0.354 e. The number of hydrogen-bond donors (Lipinski definition) is 1. The summed E-state index contributed by atoms with van der Waals surface area (Å²) in [4.78, 5) is 22.6. The minimum Gasteiger partial charge on any atom is -0.466 e. The topological polar surface area (TPSA) is 64.6 Å². The Balaban J connectivity index is 2.87. The molecular weight excluding hydrogens is 266 g/mol. The van der Waals surface area contributed by atoms with Crippen LogP contribution in [0.3, 0.4) is 0 Å². The predicted octanol–water partition coefficient (Wildman–Crippen LogP) is 0.467. The molecule has 15 heavy (non-hydrogen) atoms. The second kappa shape index (κ2) is 4.48. The van der Waals surface area contributed by atoms with Gasteiger partial charge in [0.05, 0.1) is 14.2 Å². The summed E-state index contributed by atoms with van der Waals surface area (Å²) in [5, 5.41) is 2.67. The molecule has 1 rings (SSSR count). The lowest BCUT2D eigenvalue weighted by Gasteiger charge is -2.26. The number of dihydropyridines is 1. The number of carbonyl (C=O) groups excluding carboxylic acids is 2. The van der Waals surface area contributed by atoms with Crippen LogP contribution < -0.4 is 5.32 Å². The van der Waals surface area contributed by atoms with E-state index in [9.17, 15) is 9.59 Å². The molecule has 1 N–H and O–H groups in total. The van der Waals surface area contributed by atoms with E-state index in [1.54, 1.807) is 6.08 Å². The molecule has 0 aromatic heterocycles. The molecule has 82 valence electrons. The Morgan fingerprint density at radius 1 is 1.40 bits per heavy atom. The Morgan fingerprint density at radius 2 is 2.07 bits per heavy atom. The number of nitrogens with one attached hydrogen (secondary N) is 1. The van der Waals surface area contributed by atoms with Gasteiger partial charge >= 0.3 is 11.9 Å². The van der Waals surface area contributed by atoms with Gasteiger partial charge < -0.3 is 14.8 Å². The molecule has 0 fully saturated rings. The van der Waals surface area contributed by atoms with Crippen LogP contribution in [0.4, 0.5) is 0 Å². The van der Waals surface area contributed by atoms with Crippen molar-refractivity contribution in [3.05, 3.63) is 23.9 Å². The van der Waals surface area contributed by atoms with Crippen molar-refractivity contribution in [1.29, 1.82) is 0 Å². The molecule has 0 aromatic carbocycles. The highest BCUT2D eigenvalue weighted by atomic mass is 79.9. The molecule has 0 aliphatic carbocycles. The standard InChI is InChI=1S/C9H10BrNO4/c1-14-7(12)6-4-3-5-9(10,11-6)8(13)15-2/h3-5,11H,1-2H3. The minimum absolute atomic E-state index is 0.183. The van der Waals surface area contributed by atoms with E-state index in [0.29, 0.717) is 0 Å². The van der Waals surface area contributed by atoms with Crippen molar-refractivity contribution >= 4 is 27.9 Å². The fourth-order valence-electron chi connectivity index (χ4n) is 1.05. The summed E-state index contributed by atoms with van der Waals surface area (Å²) in [6.07, 6.45) is 4.61. The zero-order chi connectivity index (χ0) is 11.5. The van der Waals surface area contributed by atoms with Crippen LogP contribution in [-0.4, -0.2) is 30.6 Å². The highest BCUT2D eigenvalue weighted by Gasteiger charge is 2.37. The summed E-state index contributed by atoms with van der Waals surface area (Å²) in [5.41, 5.74) is 0.183. The van der Waals surface area contributed by atoms with Crippen LogP contribution in [-0.2, 0) is 19.1 Å². The summed E-state index contributed by atoms with van der Waals surface area (Å²) < 4.78 is 7.89. The third-order valence-electron chi connectivity index (χ3n) is 1.79. The first-order valence-corrected chi connectivity index (χ1v) is 4.86. The van der Waals surface area contributed by atoms with E-state index in [0.717, 1.165) is 0 Å². The quantitative estimate of drug-likeness (QED) is 0.451. The van der Waals surface area contributed by atoms with Gasteiger partial charge in [0.15, 0.2) is 0 Å². The summed E-state index contributed by atoms with van der Waals surface area (Å²) in [6, 6.07) is 0. The number of alkyl halides is 1. The number of hydrogen-bond acceptors (Lipinski definition) is 5. The maximum atomic E-state index is 11.4. The fraction of sp³-hybridized carbons (Fsp3) is 0.333. The zero-order valence-corrected chi connectivity index (χ0v) is 9.83. The van der Waals surface area contributed by atoms with Crippen molar-refractivity contribution < 1.29 is 19.1 Å². The van der Waals surface area contributed by atoms with E-state index in [-0.39, 0.29) is 5.70 Å². The summed E-state index contributed by atoms with van der Waals surface area (Å²) in [5.74, 6) is -1.10. The molecule has 1 unspecified atom stereocenters. The lowest BCUT2D eigenvalue weighted by Crippen LogP contribution is -2.47. The average molecular weight is 276 g/mol. The van der Waals surface area contributed by atoms with Crippen molar-refractivity contribution in [2.75, 3.05) is 14.2 Å². The van der Waals surface area contributed by atoms with Gasteiger partial charge in [-0.05, 0) is 28.1 Å². The van der Waals surface area contributed by atoms with Crippen LogP contribution >= 0.6 is 15.9 Å². The van der Waals surface area contributed by atoms with E-state index in [1.165, 1.54) is 26.4 Å². The maximum absolute atomic E-state index is 11.4. The summed E-state index contributed by atoms with van der Waals surface area (Å²) >= 11 is 3.14. The molecule has 0 amide bonds. The van der Waals surface area contributed by atoms with Crippen LogP contribution in [0.2, 0.25) is 0 Å². The lowest BCUT2D eigenvalue weighted by atomic mass is 10.2. The van der Waals surface area contributed by atoms with Gasteiger partial charge in [0, 0.05) is 0 Å². The van der Waals surface area contributed by atoms with Crippen molar-refractivity contribution in [2.45, 2.75) is 4.45 Å². The SMILES string of the molecule is COC(=O)C1=CC=CC(Br)(C(=O)OC)N1. The molecule has 1 aliphatic rings. The van der Waals surface area contributed by atoms with Gasteiger partial charge in [0.1, 0.15) is 5.70 Å². The van der Waals surface area contributed by atoms with E-state index >= 15 is 0 Å². The predicted molar refractivity (Wildman–Crippen MR) is 56.0 cm³/mol. The first-order chi connectivity index (χ1) is 7.03. The Hall–Kier alpha value is -1.30. The second-order valence-corrected chi connectivity index (χ2v) is 4.01. The third-order valence-corrected chi connectivity index (χ3v) is 2.58. The highest BCUT2D eigenvalue weighted by Crippen LogP contribution is 2.23. The van der Waals surface area contributed by atoms with Crippen molar-refractivity contribution in [2.24, 2.45) is 0 Å². The molecule has 0 saturated heterocycles. The van der Waals surface area contributed by atoms with Gasteiger partial charge in [-0.25, -0.2) is 9.59 Å². The third kappa shape index (κ3) is 2.38. The first kappa shape index (κ1) is 11.8. The van der Waals surface area contributed by atoms with Gasteiger partial charge in [0.25, 0.3) is 0 Å². The molecule has 1 heterocycles. The van der Waals surface area contributed by atoms with Gasteiger partial charge in [0.2, 0.25) is 4.45 Å². The van der Waals surface area contributed by atoms with Gasteiger partial charge in [-0.3, -0.25) is 0 Å². The molecule has 5 nitrogen and oxygen atoms in total. The van der Waals surface area contributed by atoms with Gasteiger partial charge in [-0.1, -0.05) is 6.08 Å². The molecule has 0 saturated carbocycles. The monoisotopic (exact) mass is 275 g/mol. The number of ether oxygens (including phenoxy) is 2. The van der Waals surface area contributed by atoms with Crippen molar-refractivity contribution in [3.8, 4) is 0 Å². The molecular formula is C9H10BrNO4. The Labute approximate surface area is 95.2 Å². The second-order valence-electron chi connectivity index (χ2n) is 2.76. The van der Waals surface area contributed by atoms with E-state index in [2.05, 4.69) is 30.7 Å². The van der Waals surface area contributed by atoms with Crippen molar-refractivity contribution in [1.82, 2.24) is 5.32 Å². The maximum Gasteiger partial charge on any atom is 0.354 e. The van der Waals surface area contributed by atoms with Crippen LogP contribution in [0.5, 0.6) is 0 Å². The lowest BCUT2D eigenvalue weighted by molar-refractivity contribution is -0.143. The van der Waals surface area contributed by atoms with Crippen molar-refractivity contribution in [3.63, 3.8) is 0 Å². The van der Waals surface area contributed by atoms with Crippen LogP contribution in [0.25, 0.3) is 0 Å². The molecule has 0 spiro atoms. The van der Waals surface area contributed by atoms with Crippen LogP contribution in [0.15, 0.2) is 23.9 Å². The Kier molecular flexibility index (Phi) is 3.52. The number of rotatable bonds is 2. The largest absolute Gasteiger partial charge is 0.466 e. The van der Waals surface area contributed by atoms with Crippen LogP contribution in [0, 0.1) is 0 Å². The average Bonchev–Trinajstić information content (AvgIpc) is 2.26. The minimum atomic E-state index is -1.21. The molecule has 1 aliphatic heterocycles. The number of allylic oxidation sites excluding steroid dienone is 2. The molecule has 1 atom stereocenters. The van der Waals surface area contributed by atoms with E-state index in [1.807, 2.05) is 0 Å². The normalized spacial score (nSPS) is 23.8. The van der Waals surface area contributed by atoms with Crippen LogP contribution in [0.1, 0.15) is 0 Å². The van der Waals surface area contributed by atoms with Gasteiger partial charge in [-0.15, -0.1) is 0 Å². The molecule has 0 aromatic rings. The Morgan fingerprint density at radius 3 is 2.60 bits per heavy atom. The summed E-state index contributed by atoms with van der Waals surface area (Å²) in [6.45, 7) is 0. The number of halogens is 1. The molecule has 0 radical (unpaired) electrons.